The molecular formula is C21H22ClN3O4. The normalized spacial score (nSPS) is 11.5. The molecule has 0 fully saturated rings. The molecule has 7 nitrogen and oxygen atoms in total. The SMILES string of the molecule is CCO/N=C(\N)c1cn(Cc2ccc(Cl)cc2)c2cc(OC)c(OC)cc2c1=O. The van der Waals surface area contributed by atoms with E-state index in [9.17, 15) is 4.79 Å². The zero-order chi connectivity index (χ0) is 21.0. The molecule has 0 saturated carbocycles. The van der Waals surface area contributed by atoms with Crippen molar-refractivity contribution in [3.8, 4) is 11.5 Å². The Morgan fingerprint density at radius 3 is 2.41 bits per heavy atom. The Morgan fingerprint density at radius 2 is 1.79 bits per heavy atom. The van der Waals surface area contributed by atoms with Gasteiger partial charge in [0.25, 0.3) is 0 Å². The molecule has 0 unspecified atom stereocenters. The summed E-state index contributed by atoms with van der Waals surface area (Å²) in [6.45, 7) is 2.61. The second-order valence-corrected chi connectivity index (χ2v) is 6.68. The van der Waals surface area contributed by atoms with Crippen molar-refractivity contribution in [2.45, 2.75) is 13.5 Å². The summed E-state index contributed by atoms with van der Waals surface area (Å²) in [5.74, 6) is 0.985. The molecule has 1 heterocycles. The molecule has 0 spiro atoms. The van der Waals surface area contributed by atoms with Crippen LogP contribution in [0.15, 0.2) is 52.5 Å². The average Bonchev–Trinajstić information content (AvgIpc) is 2.74. The Morgan fingerprint density at radius 1 is 1.14 bits per heavy atom. The maximum absolute atomic E-state index is 13.1. The summed E-state index contributed by atoms with van der Waals surface area (Å²) >= 11 is 5.99. The summed E-state index contributed by atoms with van der Waals surface area (Å²) in [5.41, 5.74) is 7.67. The monoisotopic (exact) mass is 415 g/mol. The Balaban J connectivity index is 2.26. The van der Waals surface area contributed by atoms with E-state index >= 15 is 0 Å². The van der Waals surface area contributed by atoms with E-state index in [-0.39, 0.29) is 16.8 Å². The summed E-state index contributed by atoms with van der Waals surface area (Å²) < 4.78 is 12.7. The number of halogens is 1. The van der Waals surface area contributed by atoms with E-state index in [1.54, 1.807) is 32.4 Å². The maximum atomic E-state index is 13.1. The van der Waals surface area contributed by atoms with Gasteiger partial charge >= 0.3 is 0 Å². The molecule has 29 heavy (non-hydrogen) atoms. The van der Waals surface area contributed by atoms with Gasteiger partial charge in [0.15, 0.2) is 17.3 Å². The summed E-state index contributed by atoms with van der Waals surface area (Å²) in [4.78, 5) is 18.1. The van der Waals surface area contributed by atoms with E-state index in [2.05, 4.69) is 5.16 Å². The minimum Gasteiger partial charge on any atom is -0.493 e. The van der Waals surface area contributed by atoms with Crippen LogP contribution in [0.25, 0.3) is 10.9 Å². The first-order valence-corrected chi connectivity index (χ1v) is 9.35. The van der Waals surface area contributed by atoms with Crippen molar-refractivity contribution >= 4 is 28.3 Å². The number of ether oxygens (including phenoxy) is 2. The lowest BCUT2D eigenvalue weighted by molar-refractivity contribution is 0.158. The molecule has 3 rings (SSSR count). The highest BCUT2D eigenvalue weighted by molar-refractivity contribution is 6.30. The fraction of sp³-hybridized carbons (Fsp3) is 0.238. The average molecular weight is 416 g/mol. The van der Waals surface area contributed by atoms with Gasteiger partial charge in [-0.1, -0.05) is 28.9 Å². The van der Waals surface area contributed by atoms with Crippen molar-refractivity contribution in [2.75, 3.05) is 20.8 Å². The highest BCUT2D eigenvalue weighted by Crippen LogP contribution is 2.31. The molecule has 0 aliphatic rings. The molecule has 0 saturated heterocycles. The topological polar surface area (TPSA) is 88.1 Å². The van der Waals surface area contributed by atoms with Crippen LogP contribution in [0.3, 0.4) is 0 Å². The number of benzene rings is 2. The second kappa shape index (κ2) is 8.87. The van der Waals surface area contributed by atoms with Crippen LogP contribution in [0.4, 0.5) is 0 Å². The van der Waals surface area contributed by atoms with Gasteiger partial charge in [0.1, 0.15) is 6.61 Å². The first-order valence-electron chi connectivity index (χ1n) is 8.97. The fourth-order valence-electron chi connectivity index (χ4n) is 3.00. The standard InChI is InChI=1S/C21H22ClN3O4/c1-4-29-24-21(23)16-12-25(11-13-5-7-14(22)8-6-13)17-10-19(28-3)18(27-2)9-15(17)20(16)26/h5-10,12H,4,11H2,1-3H3,(H2,23,24). The van der Waals surface area contributed by atoms with E-state index in [1.807, 2.05) is 28.8 Å². The molecule has 3 aromatic rings. The lowest BCUT2D eigenvalue weighted by atomic mass is 10.1. The van der Waals surface area contributed by atoms with Crippen molar-refractivity contribution in [2.24, 2.45) is 10.9 Å². The number of pyridine rings is 1. The van der Waals surface area contributed by atoms with Crippen LogP contribution in [-0.4, -0.2) is 31.2 Å². The number of aromatic nitrogens is 1. The largest absolute Gasteiger partial charge is 0.493 e. The van der Waals surface area contributed by atoms with E-state index < -0.39 is 0 Å². The van der Waals surface area contributed by atoms with Crippen molar-refractivity contribution in [1.29, 1.82) is 0 Å². The van der Waals surface area contributed by atoms with Crippen LogP contribution in [-0.2, 0) is 11.4 Å². The fourth-order valence-corrected chi connectivity index (χ4v) is 3.13. The van der Waals surface area contributed by atoms with E-state index in [0.717, 1.165) is 5.56 Å². The van der Waals surface area contributed by atoms with Gasteiger partial charge in [-0.15, -0.1) is 0 Å². The van der Waals surface area contributed by atoms with Gasteiger partial charge in [-0.3, -0.25) is 4.79 Å². The van der Waals surface area contributed by atoms with E-state index in [0.29, 0.717) is 40.6 Å². The van der Waals surface area contributed by atoms with Gasteiger partial charge in [-0.25, -0.2) is 0 Å². The van der Waals surface area contributed by atoms with Crippen molar-refractivity contribution in [3.63, 3.8) is 0 Å². The number of nitrogens with zero attached hydrogens (tertiary/aromatic N) is 2. The molecule has 0 atom stereocenters. The first kappa shape index (κ1) is 20.5. The summed E-state index contributed by atoms with van der Waals surface area (Å²) in [6, 6.07) is 10.9. The van der Waals surface area contributed by atoms with Gasteiger partial charge in [0.05, 0.1) is 30.7 Å². The van der Waals surface area contributed by atoms with Crippen LogP contribution in [0, 0.1) is 0 Å². The number of nitrogens with two attached hydrogens (primary N) is 1. The number of hydrogen-bond donors (Lipinski definition) is 1. The third kappa shape index (κ3) is 4.30. The molecule has 1 aromatic heterocycles. The van der Waals surface area contributed by atoms with Gasteiger partial charge in [-0.2, -0.15) is 0 Å². The van der Waals surface area contributed by atoms with Crippen molar-refractivity contribution in [3.05, 3.63) is 69.0 Å². The lowest BCUT2D eigenvalue weighted by Crippen LogP contribution is -2.25. The molecule has 2 N–H and O–H groups in total. The molecule has 0 radical (unpaired) electrons. The van der Waals surface area contributed by atoms with Crippen LogP contribution >= 0.6 is 11.6 Å². The van der Waals surface area contributed by atoms with Gasteiger partial charge in [-0.05, 0) is 30.7 Å². The highest BCUT2D eigenvalue weighted by atomic mass is 35.5. The van der Waals surface area contributed by atoms with Gasteiger partial charge in [0.2, 0.25) is 5.43 Å². The Labute approximate surface area is 173 Å². The summed E-state index contributed by atoms with van der Waals surface area (Å²) in [6.07, 6.45) is 1.67. The minimum absolute atomic E-state index is 0.0124. The van der Waals surface area contributed by atoms with Crippen molar-refractivity contribution in [1.82, 2.24) is 4.57 Å². The van der Waals surface area contributed by atoms with Crippen LogP contribution in [0.2, 0.25) is 5.02 Å². The predicted octanol–water partition coefficient (Wildman–Crippen LogP) is 3.38. The second-order valence-electron chi connectivity index (χ2n) is 6.24. The molecule has 8 heteroatoms. The van der Waals surface area contributed by atoms with Crippen LogP contribution < -0.4 is 20.6 Å². The van der Waals surface area contributed by atoms with E-state index in [4.69, 9.17) is 31.6 Å². The number of hydrogen-bond acceptors (Lipinski definition) is 5. The summed E-state index contributed by atoms with van der Waals surface area (Å²) in [5, 5.41) is 4.91. The minimum atomic E-state index is -0.269. The summed E-state index contributed by atoms with van der Waals surface area (Å²) in [7, 11) is 3.07. The number of rotatable bonds is 7. The van der Waals surface area contributed by atoms with Gasteiger partial charge < -0.3 is 24.6 Å². The smallest absolute Gasteiger partial charge is 0.200 e. The third-order valence-electron chi connectivity index (χ3n) is 4.42. The number of fused-ring (bicyclic) bond motifs is 1. The van der Waals surface area contributed by atoms with Crippen LogP contribution in [0.1, 0.15) is 18.1 Å². The lowest BCUT2D eigenvalue weighted by Gasteiger charge is -2.16. The molecule has 2 aromatic carbocycles. The molecule has 152 valence electrons. The zero-order valence-corrected chi connectivity index (χ0v) is 17.2. The quantitative estimate of drug-likeness (QED) is 0.363. The number of oxime groups is 1. The molecule has 0 aliphatic carbocycles. The number of amidine groups is 1. The Bertz CT molecular complexity index is 1110. The van der Waals surface area contributed by atoms with Crippen molar-refractivity contribution < 1.29 is 14.3 Å². The Hall–Kier alpha value is -3.19. The Kier molecular flexibility index (Phi) is 6.29. The molecule has 0 amide bonds. The molecular weight excluding hydrogens is 394 g/mol. The third-order valence-corrected chi connectivity index (χ3v) is 4.67. The zero-order valence-electron chi connectivity index (χ0n) is 16.4. The number of methoxy groups -OCH3 is 2. The van der Waals surface area contributed by atoms with E-state index in [1.165, 1.54) is 7.11 Å². The predicted molar refractivity (Wildman–Crippen MR) is 114 cm³/mol. The van der Waals surface area contributed by atoms with Gasteiger partial charge in [0, 0.05) is 23.8 Å². The molecule has 0 aliphatic heterocycles. The highest BCUT2D eigenvalue weighted by Gasteiger charge is 2.16. The first-order chi connectivity index (χ1) is 14.0. The maximum Gasteiger partial charge on any atom is 0.200 e. The molecule has 0 bridgehead atoms. The van der Waals surface area contributed by atoms with Crippen LogP contribution in [0.5, 0.6) is 11.5 Å².